The lowest BCUT2D eigenvalue weighted by atomic mass is 10.2. The Bertz CT molecular complexity index is 731. The molecule has 3 aromatic rings. The number of unbranched alkanes of at least 4 members (excludes halogenated alkanes) is 1. The summed E-state index contributed by atoms with van der Waals surface area (Å²) in [6.45, 7) is 3.02. The van der Waals surface area contributed by atoms with E-state index in [9.17, 15) is 4.39 Å². The Kier molecular flexibility index (Phi) is 3.50. The molecule has 102 valence electrons. The predicted molar refractivity (Wildman–Crippen MR) is 80.0 cm³/mol. The Morgan fingerprint density at radius 2 is 1.80 bits per heavy atom. The summed E-state index contributed by atoms with van der Waals surface area (Å²) in [6.07, 6.45) is 2.16. The first-order valence-corrected chi connectivity index (χ1v) is 7.01. The number of nitrogens with zero attached hydrogens (tertiary/aromatic N) is 2. The van der Waals surface area contributed by atoms with Crippen LogP contribution >= 0.6 is 0 Å². The molecule has 2 aromatic carbocycles. The smallest absolute Gasteiger partial charge is 0.144 e. The number of benzene rings is 2. The molecule has 1 heterocycles. The number of fused-ring (bicyclic) bond motifs is 1. The summed E-state index contributed by atoms with van der Waals surface area (Å²) >= 11 is 0. The Morgan fingerprint density at radius 3 is 2.60 bits per heavy atom. The van der Waals surface area contributed by atoms with Crippen molar-refractivity contribution in [1.82, 2.24) is 9.55 Å². The van der Waals surface area contributed by atoms with Crippen molar-refractivity contribution in [2.24, 2.45) is 0 Å². The van der Waals surface area contributed by atoms with Crippen LogP contribution in [-0.2, 0) is 6.54 Å². The maximum Gasteiger partial charge on any atom is 0.144 e. The summed E-state index contributed by atoms with van der Waals surface area (Å²) in [5, 5.41) is 0. The molecular weight excluding hydrogens is 251 g/mol. The molecule has 0 atom stereocenters. The van der Waals surface area contributed by atoms with E-state index in [1.807, 2.05) is 30.3 Å². The largest absolute Gasteiger partial charge is 0.324 e. The van der Waals surface area contributed by atoms with Crippen molar-refractivity contribution < 1.29 is 4.39 Å². The van der Waals surface area contributed by atoms with Crippen LogP contribution in [0.25, 0.3) is 22.4 Å². The van der Waals surface area contributed by atoms with Crippen LogP contribution in [0.4, 0.5) is 4.39 Å². The highest BCUT2D eigenvalue weighted by Gasteiger charge is 2.14. The summed E-state index contributed by atoms with van der Waals surface area (Å²) in [5.74, 6) is 0.498. The zero-order valence-electron chi connectivity index (χ0n) is 11.5. The van der Waals surface area contributed by atoms with Crippen LogP contribution in [0.3, 0.4) is 0 Å². The zero-order chi connectivity index (χ0) is 13.9. The van der Waals surface area contributed by atoms with Crippen molar-refractivity contribution in [3.05, 3.63) is 54.3 Å². The fraction of sp³-hybridized carbons (Fsp3) is 0.235. The normalized spacial score (nSPS) is 11.1. The van der Waals surface area contributed by atoms with Crippen LogP contribution in [0.15, 0.2) is 48.5 Å². The third-order valence-corrected chi connectivity index (χ3v) is 3.50. The molecular formula is C17H17FN2. The molecule has 0 unspecified atom stereocenters. The lowest BCUT2D eigenvalue weighted by Crippen LogP contribution is -2.01. The van der Waals surface area contributed by atoms with Crippen LogP contribution in [0, 0.1) is 5.82 Å². The van der Waals surface area contributed by atoms with Gasteiger partial charge in [0.2, 0.25) is 0 Å². The SMILES string of the molecule is CCCCn1c(-c2ccccc2F)nc2ccccc21. The van der Waals surface area contributed by atoms with Gasteiger partial charge < -0.3 is 4.57 Å². The average Bonchev–Trinajstić information content (AvgIpc) is 2.84. The molecule has 0 N–H and O–H groups in total. The predicted octanol–water partition coefficient (Wildman–Crippen LogP) is 4.64. The Labute approximate surface area is 117 Å². The minimum atomic E-state index is -0.222. The van der Waals surface area contributed by atoms with Crippen molar-refractivity contribution >= 4 is 11.0 Å². The molecule has 3 rings (SSSR count). The van der Waals surface area contributed by atoms with Crippen molar-refractivity contribution in [1.29, 1.82) is 0 Å². The van der Waals surface area contributed by atoms with Gasteiger partial charge in [-0.1, -0.05) is 37.6 Å². The molecule has 0 saturated heterocycles. The molecule has 20 heavy (non-hydrogen) atoms. The molecule has 1 aromatic heterocycles. The standard InChI is InChI=1S/C17H17FN2/c1-2-3-12-20-16-11-7-6-10-15(16)19-17(20)13-8-4-5-9-14(13)18/h4-11H,2-3,12H2,1H3. The van der Waals surface area contributed by atoms with Crippen LogP contribution in [0.2, 0.25) is 0 Å². The number of hydrogen-bond acceptors (Lipinski definition) is 1. The van der Waals surface area contributed by atoms with E-state index < -0.39 is 0 Å². The van der Waals surface area contributed by atoms with E-state index >= 15 is 0 Å². The Hall–Kier alpha value is -2.16. The lowest BCUT2D eigenvalue weighted by molar-refractivity contribution is 0.620. The van der Waals surface area contributed by atoms with Crippen molar-refractivity contribution in [2.45, 2.75) is 26.3 Å². The summed E-state index contributed by atoms with van der Waals surface area (Å²) in [5.41, 5.74) is 2.56. The van der Waals surface area contributed by atoms with Crippen molar-refractivity contribution in [2.75, 3.05) is 0 Å². The van der Waals surface area contributed by atoms with E-state index in [4.69, 9.17) is 0 Å². The third kappa shape index (κ3) is 2.20. The van der Waals surface area contributed by atoms with Gasteiger partial charge in [-0.3, -0.25) is 0 Å². The van der Waals surface area contributed by atoms with E-state index in [-0.39, 0.29) is 5.82 Å². The number of imidazole rings is 1. The van der Waals surface area contributed by atoms with Gasteiger partial charge in [-0.25, -0.2) is 9.37 Å². The van der Waals surface area contributed by atoms with Crippen LogP contribution in [-0.4, -0.2) is 9.55 Å². The fourth-order valence-electron chi connectivity index (χ4n) is 2.47. The molecule has 0 radical (unpaired) electrons. The first-order chi connectivity index (χ1) is 9.81. The van der Waals surface area contributed by atoms with E-state index in [2.05, 4.69) is 16.5 Å². The Morgan fingerprint density at radius 1 is 1.05 bits per heavy atom. The average molecular weight is 268 g/mol. The minimum absolute atomic E-state index is 0.222. The second kappa shape index (κ2) is 5.45. The van der Waals surface area contributed by atoms with Crippen molar-refractivity contribution in [3.63, 3.8) is 0 Å². The molecule has 0 aliphatic heterocycles. The first kappa shape index (κ1) is 12.9. The monoisotopic (exact) mass is 268 g/mol. The number of aryl methyl sites for hydroxylation is 1. The molecule has 0 spiro atoms. The molecule has 0 amide bonds. The number of halogens is 1. The van der Waals surface area contributed by atoms with Gasteiger partial charge >= 0.3 is 0 Å². The van der Waals surface area contributed by atoms with Gasteiger partial charge in [-0.2, -0.15) is 0 Å². The van der Waals surface area contributed by atoms with Crippen LogP contribution < -0.4 is 0 Å². The first-order valence-electron chi connectivity index (χ1n) is 7.01. The van der Waals surface area contributed by atoms with Gasteiger partial charge in [-0.05, 0) is 30.7 Å². The van der Waals surface area contributed by atoms with E-state index in [1.165, 1.54) is 6.07 Å². The number of rotatable bonds is 4. The minimum Gasteiger partial charge on any atom is -0.324 e. The van der Waals surface area contributed by atoms with Crippen LogP contribution in [0.1, 0.15) is 19.8 Å². The highest BCUT2D eigenvalue weighted by molar-refractivity contribution is 5.80. The third-order valence-electron chi connectivity index (χ3n) is 3.50. The molecule has 0 fully saturated rings. The molecule has 2 nitrogen and oxygen atoms in total. The van der Waals surface area contributed by atoms with Gasteiger partial charge in [0.25, 0.3) is 0 Å². The fourth-order valence-corrected chi connectivity index (χ4v) is 2.47. The van der Waals surface area contributed by atoms with E-state index in [1.54, 1.807) is 12.1 Å². The summed E-state index contributed by atoms with van der Waals surface area (Å²) in [6, 6.07) is 14.8. The number of para-hydroxylation sites is 2. The summed E-state index contributed by atoms with van der Waals surface area (Å²) < 4.78 is 16.2. The second-order valence-corrected chi connectivity index (χ2v) is 4.91. The topological polar surface area (TPSA) is 17.8 Å². The van der Waals surface area contributed by atoms with Gasteiger partial charge in [0.05, 0.1) is 16.6 Å². The summed E-state index contributed by atoms with van der Waals surface area (Å²) in [4.78, 5) is 4.62. The maximum absolute atomic E-state index is 14.1. The highest BCUT2D eigenvalue weighted by atomic mass is 19.1. The van der Waals surface area contributed by atoms with Gasteiger partial charge in [0.1, 0.15) is 11.6 Å². The van der Waals surface area contributed by atoms with Gasteiger partial charge in [-0.15, -0.1) is 0 Å². The molecule has 0 aliphatic carbocycles. The summed E-state index contributed by atoms with van der Waals surface area (Å²) in [7, 11) is 0. The molecule has 0 bridgehead atoms. The lowest BCUT2D eigenvalue weighted by Gasteiger charge is -2.09. The molecule has 0 aliphatic rings. The number of hydrogen-bond donors (Lipinski definition) is 0. The van der Waals surface area contributed by atoms with Crippen molar-refractivity contribution in [3.8, 4) is 11.4 Å². The molecule has 3 heteroatoms. The van der Waals surface area contributed by atoms with Gasteiger partial charge in [0.15, 0.2) is 0 Å². The van der Waals surface area contributed by atoms with E-state index in [0.717, 1.165) is 36.2 Å². The molecule has 0 saturated carbocycles. The van der Waals surface area contributed by atoms with Gasteiger partial charge in [0, 0.05) is 6.54 Å². The quantitative estimate of drug-likeness (QED) is 0.674. The van der Waals surface area contributed by atoms with Crippen LogP contribution in [0.5, 0.6) is 0 Å². The highest BCUT2D eigenvalue weighted by Crippen LogP contribution is 2.27. The zero-order valence-corrected chi connectivity index (χ0v) is 11.5. The maximum atomic E-state index is 14.1. The Balaban J connectivity index is 2.21. The van der Waals surface area contributed by atoms with E-state index in [0.29, 0.717) is 5.56 Å². The second-order valence-electron chi connectivity index (χ2n) is 4.91. The number of aromatic nitrogens is 2.